The van der Waals surface area contributed by atoms with Crippen molar-refractivity contribution in [1.82, 2.24) is 4.31 Å². The summed E-state index contributed by atoms with van der Waals surface area (Å²) in [6.07, 6.45) is 1.71. The third-order valence-electron chi connectivity index (χ3n) is 3.20. The van der Waals surface area contributed by atoms with Crippen molar-refractivity contribution in [2.24, 2.45) is 5.92 Å². The van der Waals surface area contributed by atoms with Crippen molar-refractivity contribution < 1.29 is 13.5 Å². The monoisotopic (exact) mass is 353 g/mol. The first kappa shape index (κ1) is 14.5. The third kappa shape index (κ3) is 2.80. The number of aliphatic hydroxyl groups excluding tert-OH is 1. The van der Waals surface area contributed by atoms with Crippen molar-refractivity contribution in [3.8, 4) is 0 Å². The molecule has 0 saturated carbocycles. The Hall–Kier alpha value is 0.0500. The predicted molar refractivity (Wildman–Crippen MR) is 75.3 cm³/mol. The number of halogens is 1. The van der Waals surface area contributed by atoms with Gasteiger partial charge in [-0.2, -0.15) is 4.31 Å². The van der Waals surface area contributed by atoms with Crippen LogP contribution in [-0.2, 0) is 10.0 Å². The summed E-state index contributed by atoms with van der Waals surface area (Å²) < 4.78 is 27.4. The summed E-state index contributed by atoms with van der Waals surface area (Å²) in [6, 6.07) is 1.66. The molecule has 1 saturated heterocycles. The summed E-state index contributed by atoms with van der Waals surface area (Å²) in [6.45, 7) is 2.84. The van der Waals surface area contributed by atoms with E-state index in [9.17, 15) is 13.5 Å². The highest BCUT2D eigenvalue weighted by atomic mass is 79.9. The van der Waals surface area contributed by atoms with Gasteiger partial charge in [0.25, 0.3) is 0 Å². The molecule has 0 amide bonds. The fourth-order valence-corrected chi connectivity index (χ4v) is 6.16. The minimum atomic E-state index is -3.41. The van der Waals surface area contributed by atoms with E-state index in [2.05, 4.69) is 15.9 Å². The van der Waals surface area contributed by atoms with Crippen molar-refractivity contribution in [2.75, 3.05) is 19.7 Å². The van der Waals surface area contributed by atoms with E-state index in [1.165, 1.54) is 15.6 Å². The van der Waals surface area contributed by atoms with Crippen LogP contribution in [0.25, 0.3) is 0 Å². The van der Waals surface area contributed by atoms with Crippen LogP contribution in [0.2, 0.25) is 0 Å². The zero-order valence-electron chi connectivity index (χ0n) is 10.1. The first-order valence-electron chi connectivity index (χ1n) is 5.82. The Balaban J connectivity index is 2.28. The van der Waals surface area contributed by atoms with E-state index in [1.54, 1.807) is 6.07 Å². The van der Waals surface area contributed by atoms with Gasteiger partial charge in [-0.05, 0) is 47.7 Å². The van der Waals surface area contributed by atoms with E-state index >= 15 is 0 Å². The predicted octanol–water partition coefficient (Wildman–Crippen LogP) is 2.21. The molecule has 1 aromatic heterocycles. The van der Waals surface area contributed by atoms with Gasteiger partial charge >= 0.3 is 0 Å². The summed E-state index contributed by atoms with van der Waals surface area (Å²) in [7, 11) is -3.41. The topological polar surface area (TPSA) is 57.6 Å². The molecule has 18 heavy (non-hydrogen) atoms. The fourth-order valence-electron chi connectivity index (χ4n) is 2.22. The van der Waals surface area contributed by atoms with Crippen LogP contribution in [0.15, 0.2) is 14.7 Å². The van der Waals surface area contributed by atoms with E-state index in [0.29, 0.717) is 18.0 Å². The molecule has 2 heterocycles. The molecule has 1 aromatic rings. The van der Waals surface area contributed by atoms with Gasteiger partial charge in [-0.3, -0.25) is 0 Å². The first-order valence-corrected chi connectivity index (χ1v) is 8.87. The number of thiophene rings is 1. The number of aryl methyl sites for hydroxylation is 1. The standard InChI is InChI=1S/C11H16BrNO3S2/c1-8-10(5-11(12)17-8)18(15,16)13-4-2-3-9(6-13)7-14/h5,9,14H,2-4,6-7H2,1H3. The van der Waals surface area contributed by atoms with Gasteiger partial charge in [0.1, 0.15) is 0 Å². The Bertz CT molecular complexity index is 526. The van der Waals surface area contributed by atoms with Crippen LogP contribution >= 0.6 is 27.3 Å². The van der Waals surface area contributed by atoms with Gasteiger partial charge in [-0.15, -0.1) is 11.3 Å². The highest BCUT2D eigenvalue weighted by Gasteiger charge is 2.31. The molecule has 7 heteroatoms. The minimum absolute atomic E-state index is 0.0539. The first-order chi connectivity index (χ1) is 8.45. The van der Waals surface area contributed by atoms with E-state index in [0.717, 1.165) is 21.5 Å². The maximum absolute atomic E-state index is 12.5. The van der Waals surface area contributed by atoms with Crippen LogP contribution in [-0.4, -0.2) is 37.5 Å². The molecule has 0 radical (unpaired) electrons. The van der Waals surface area contributed by atoms with E-state index in [-0.39, 0.29) is 12.5 Å². The van der Waals surface area contributed by atoms with Crippen LogP contribution in [0.3, 0.4) is 0 Å². The van der Waals surface area contributed by atoms with Crippen molar-refractivity contribution in [3.05, 3.63) is 14.7 Å². The minimum Gasteiger partial charge on any atom is -0.396 e. The average molecular weight is 354 g/mol. The highest BCUT2D eigenvalue weighted by Crippen LogP contribution is 2.33. The number of piperidine rings is 1. The van der Waals surface area contributed by atoms with E-state index < -0.39 is 10.0 Å². The summed E-state index contributed by atoms with van der Waals surface area (Å²) in [5, 5.41) is 9.18. The van der Waals surface area contributed by atoms with E-state index in [1.807, 2.05) is 6.92 Å². The van der Waals surface area contributed by atoms with Gasteiger partial charge in [0.05, 0.1) is 8.68 Å². The lowest BCUT2D eigenvalue weighted by Crippen LogP contribution is -2.40. The lowest BCUT2D eigenvalue weighted by molar-refractivity contribution is 0.165. The molecule has 0 spiro atoms. The quantitative estimate of drug-likeness (QED) is 0.906. The zero-order chi connectivity index (χ0) is 13.3. The van der Waals surface area contributed by atoms with Gasteiger partial charge in [0.2, 0.25) is 10.0 Å². The molecule has 0 aliphatic carbocycles. The molecule has 1 atom stereocenters. The lowest BCUT2D eigenvalue weighted by atomic mass is 10.0. The second-order valence-electron chi connectivity index (χ2n) is 4.52. The number of nitrogens with zero attached hydrogens (tertiary/aromatic N) is 1. The Morgan fingerprint density at radius 1 is 1.61 bits per heavy atom. The summed E-state index contributed by atoms with van der Waals surface area (Å²) in [4.78, 5) is 1.19. The van der Waals surface area contributed by atoms with Crippen LogP contribution < -0.4 is 0 Å². The van der Waals surface area contributed by atoms with Gasteiger partial charge in [0, 0.05) is 24.6 Å². The zero-order valence-corrected chi connectivity index (χ0v) is 13.3. The molecule has 2 rings (SSSR count). The second kappa shape index (κ2) is 5.58. The van der Waals surface area contributed by atoms with Crippen LogP contribution in [0.5, 0.6) is 0 Å². The Labute approximate surface area is 120 Å². The molecular formula is C11H16BrNO3S2. The molecule has 1 unspecified atom stereocenters. The maximum atomic E-state index is 12.5. The molecule has 1 N–H and O–H groups in total. The normalized spacial score (nSPS) is 22.3. The lowest BCUT2D eigenvalue weighted by Gasteiger charge is -2.30. The second-order valence-corrected chi connectivity index (χ2v) is 9.07. The Morgan fingerprint density at radius 2 is 2.33 bits per heavy atom. The van der Waals surface area contributed by atoms with Crippen molar-refractivity contribution in [2.45, 2.75) is 24.7 Å². The van der Waals surface area contributed by atoms with Crippen LogP contribution in [0, 0.1) is 12.8 Å². The summed E-state index contributed by atoms with van der Waals surface area (Å²) in [5.41, 5.74) is 0. The van der Waals surface area contributed by atoms with Gasteiger partial charge in [-0.25, -0.2) is 8.42 Å². The SMILES string of the molecule is Cc1sc(Br)cc1S(=O)(=O)N1CCCC(CO)C1. The Morgan fingerprint density at radius 3 is 2.89 bits per heavy atom. The van der Waals surface area contributed by atoms with E-state index in [4.69, 9.17) is 0 Å². The molecule has 4 nitrogen and oxygen atoms in total. The van der Waals surface area contributed by atoms with Crippen molar-refractivity contribution in [1.29, 1.82) is 0 Å². The molecule has 1 fully saturated rings. The number of sulfonamides is 1. The van der Waals surface area contributed by atoms with Gasteiger partial charge < -0.3 is 5.11 Å². The average Bonchev–Trinajstić information content (AvgIpc) is 2.69. The molecule has 102 valence electrons. The number of rotatable bonds is 3. The van der Waals surface area contributed by atoms with Gasteiger partial charge in [0.15, 0.2) is 0 Å². The molecule has 0 aromatic carbocycles. The molecule has 1 aliphatic heterocycles. The van der Waals surface area contributed by atoms with Crippen LogP contribution in [0.4, 0.5) is 0 Å². The smallest absolute Gasteiger partial charge is 0.244 e. The molecular weight excluding hydrogens is 338 g/mol. The largest absolute Gasteiger partial charge is 0.396 e. The molecule has 1 aliphatic rings. The summed E-state index contributed by atoms with van der Waals surface area (Å²) in [5.74, 6) is 0.0657. The van der Waals surface area contributed by atoms with Crippen molar-refractivity contribution in [3.63, 3.8) is 0 Å². The third-order valence-corrected chi connectivity index (χ3v) is 6.87. The maximum Gasteiger partial charge on any atom is 0.244 e. The number of hydrogen-bond acceptors (Lipinski definition) is 4. The fraction of sp³-hybridized carbons (Fsp3) is 0.636. The molecule has 0 bridgehead atoms. The Kier molecular flexibility index (Phi) is 4.48. The van der Waals surface area contributed by atoms with Crippen molar-refractivity contribution >= 4 is 37.3 Å². The number of hydrogen-bond donors (Lipinski definition) is 1. The summed E-state index contributed by atoms with van der Waals surface area (Å²) >= 11 is 4.75. The highest BCUT2D eigenvalue weighted by molar-refractivity contribution is 9.11. The van der Waals surface area contributed by atoms with Crippen LogP contribution in [0.1, 0.15) is 17.7 Å². The number of aliphatic hydroxyl groups is 1. The van der Waals surface area contributed by atoms with Gasteiger partial charge in [-0.1, -0.05) is 0 Å².